The molecule has 1 fully saturated rings. The minimum atomic E-state index is -4.27. The summed E-state index contributed by atoms with van der Waals surface area (Å²) in [6, 6.07) is 7.09. The van der Waals surface area contributed by atoms with Gasteiger partial charge in [-0.05, 0) is 38.4 Å². The second-order valence-corrected chi connectivity index (χ2v) is 10.8. The Morgan fingerprint density at radius 2 is 2.12 bits per heavy atom. The van der Waals surface area contributed by atoms with Gasteiger partial charge in [0.05, 0.1) is 32.8 Å². The lowest BCUT2D eigenvalue weighted by molar-refractivity contribution is -0.144. The van der Waals surface area contributed by atoms with Gasteiger partial charge in [0.15, 0.2) is 17.4 Å². The number of ether oxygens (including phenoxy) is 3. The Balaban J connectivity index is 1.63. The van der Waals surface area contributed by atoms with Crippen molar-refractivity contribution in [2.45, 2.75) is 50.8 Å². The van der Waals surface area contributed by atoms with Crippen molar-refractivity contribution in [2.24, 2.45) is 5.11 Å². The number of aromatic nitrogens is 4. The maximum Gasteiger partial charge on any atom is 0.459 e. The van der Waals surface area contributed by atoms with Gasteiger partial charge in [0.2, 0.25) is 11.8 Å². The summed E-state index contributed by atoms with van der Waals surface area (Å²) in [6.07, 6.45) is -2.47. The normalized spacial score (nSPS) is 24.3. The molecule has 1 aromatic carbocycles. The van der Waals surface area contributed by atoms with Crippen LogP contribution in [0.15, 0.2) is 41.8 Å². The van der Waals surface area contributed by atoms with Crippen molar-refractivity contribution in [3.63, 3.8) is 0 Å². The highest BCUT2D eigenvalue weighted by molar-refractivity contribution is 7.52. The van der Waals surface area contributed by atoms with Gasteiger partial charge in [-0.2, -0.15) is 15.1 Å². The van der Waals surface area contributed by atoms with Gasteiger partial charge in [0, 0.05) is 4.91 Å². The number of anilines is 1. The number of aliphatic hydroxyl groups is 1. The SMILES string of the molecule is CCOC(=O)[C@H](C)NP(=O)(OC[C@H]1O[C@@H](n2cnc3c(OC)nc(N)nc32)[C@](C)(N=[N+]=[N-])C1O)Oc1ccccc1. The number of para-hydroxylation sites is 1. The summed E-state index contributed by atoms with van der Waals surface area (Å²) < 4.78 is 42.8. The molecule has 2 aromatic heterocycles. The zero-order valence-corrected chi connectivity index (χ0v) is 23.5. The fraction of sp³-hybridized carbons (Fsp3) is 0.478. The third kappa shape index (κ3) is 6.20. The van der Waals surface area contributed by atoms with Crippen LogP contribution in [0.5, 0.6) is 11.6 Å². The van der Waals surface area contributed by atoms with Gasteiger partial charge in [-0.25, -0.2) is 9.55 Å². The van der Waals surface area contributed by atoms with E-state index in [9.17, 15) is 20.0 Å². The van der Waals surface area contributed by atoms with E-state index in [1.807, 2.05) is 0 Å². The molecule has 18 heteroatoms. The maximum atomic E-state index is 13.8. The van der Waals surface area contributed by atoms with Crippen LogP contribution in [0, 0.1) is 0 Å². The van der Waals surface area contributed by atoms with Gasteiger partial charge in [0.1, 0.15) is 23.4 Å². The molecule has 0 radical (unpaired) electrons. The molecule has 0 bridgehead atoms. The molecular weight excluding hydrogens is 561 g/mol. The predicted molar refractivity (Wildman–Crippen MR) is 144 cm³/mol. The van der Waals surface area contributed by atoms with Crippen molar-refractivity contribution in [1.82, 2.24) is 24.6 Å². The smallest absolute Gasteiger partial charge is 0.459 e. The number of methoxy groups -OCH3 is 1. The summed E-state index contributed by atoms with van der Waals surface area (Å²) in [6.45, 7) is 4.15. The van der Waals surface area contributed by atoms with E-state index in [4.69, 9.17) is 29.0 Å². The van der Waals surface area contributed by atoms with Crippen molar-refractivity contribution < 1.29 is 37.7 Å². The molecule has 4 N–H and O–H groups in total. The van der Waals surface area contributed by atoms with Gasteiger partial charge in [0.25, 0.3) is 0 Å². The molecule has 3 aromatic rings. The Hall–Kier alpha value is -3.98. The van der Waals surface area contributed by atoms with E-state index in [2.05, 4.69) is 30.1 Å². The monoisotopic (exact) mass is 591 g/mol. The fourth-order valence-electron chi connectivity index (χ4n) is 4.24. The number of fused-ring (bicyclic) bond motifs is 1. The Morgan fingerprint density at radius 3 is 2.78 bits per heavy atom. The number of nitrogen functional groups attached to an aromatic ring is 1. The summed E-state index contributed by atoms with van der Waals surface area (Å²) in [5, 5.41) is 17.6. The minimum Gasteiger partial charge on any atom is -0.479 e. The van der Waals surface area contributed by atoms with Crippen LogP contribution >= 0.6 is 7.75 Å². The lowest BCUT2D eigenvalue weighted by atomic mass is 9.93. The first-order valence-electron chi connectivity index (χ1n) is 12.4. The summed E-state index contributed by atoms with van der Waals surface area (Å²) >= 11 is 0. The summed E-state index contributed by atoms with van der Waals surface area (Å²) in [4.78, 5) is 27.6. The summed E-state index contributed by atoms with van der Waals surface area (Å²) in [5.41, 5.74) is 14.0. The number of azide groups is 1. The van der Waals surface area contributed by atoms with E-state index in [-0.39, 0.29) is 35.3 Å². The lowest BCUT2D eigenvalue weighted by Gasteiger charge is -2.28. The van der Waals surface area contributed by atoms with Gasteiger partial charge in [-0.15, -0.1) is 0 Å². The van der Waals surface area contributed by atoms with Crippen molar-refractivity contribution in [2.75, 3.05) is 26.1 Å². The number of aliphatic hydroxyl groups excluding tert-OH is 1. The Morgan fingerprint density at radius 1 is 1.39 bits per heavy atom. The number of hydrogen-bond donors (Lipinski definition) is 3. The van der Waals surface area contributed by atoms with E-state index in [1.165, 1.54) is 31.9 Å². The van der Waals surface area contributed by atoms with E-state index in [1.54, 1.807) is 37.3 Å². The summed E-state index contributed by atoms with van der Waals surface area (Å²) in [5.74, 6) is -0.484. The van der Waals surface area contributed by atoms with Crippen molar-refractivity contribution in [3.05, 3.63) is 47.1 Å². The Kier molecular flexibility index (Phi) is 8.97. The van der Waals surface area contributed by atoms with Crippen LogP contribution in [0.25, 0.3) is 21.6 Å². The van der Waals surface area contributed by atoms with Gasteiger partial charge in [-0.3, -0.25) is 13.9 Å². The fourth-order valence-corrected chi connectivity index (χ4v) is 5.74. The van der Waals surface area contributed by atoms with Crippen LogP contribution in [-0.4, -0.2) is 74.7 Å². The largest absolute Gasteiger partial charge is 0.479 e. The van der Waals surface area contributed by atoms with Crippen molar-refractivity contribution in [3.8, 4) is 11.6 Å². The molecule has 220 valence electrons. The first-order chi connectivity index (χ1) is 19.5. The lowest BCUT2D eigenvalue weighted by Crippen LogP contribution is -2.43. The van der Waals surface area contributed by atoms with Gasteiger partial charge >= 0.3 is 13.7 Å². The number of imidazole rings is 1. The number of nitrogens with zero attached hydrogens (tertiary/aromatic N) is 7. The second-order valence-electron chi connectivity index (χ2n) is 9.10. The standard InChI is InChI=1S/C23H30N9O8P/c1-5-37-20(34)13(2)29-41(35,40-14-9-7-6-8-10-14)38-11-15-17(33)23(3,30-31-25)21(39-15)32-12-26-16-18(32)27-22(24)28-19(16)36-4/h6-10,12-13,15,17,21,33H,5,11H2,1-4H3,(H,29,35)(H2,24,27,28)/t13-,15+,17?,21+,23+,41?/m0/s1. The molecule has 1 saturated heterocycles. The molecule has 0 amide bonds. The molecule has 1 aliphatic heterocycles. The highest BCUT2D eigenvalue weighted by Crippen LogP contribution is 2.48. The third-order valence-electron chi connectivity index (χ3n) is 6.24. The summed E-state index contributed by atoms with van der Waals surface area (Å²) in [7, 11) is -2.88. The average molecular weight is 592 g/mol. The number of carbonyl (C=O) groups is 1. The first-order valence-corrected chi connectivity index (χ1v) is 14.0. The molecule has 4 rings (SSSR count). The number of hydrogen-bond acceptors (Lipinski definition) is 13. The molecule has 3 heterocycles. The number of esters is 1. The number of rotatable bonds is 12. The molecule has 0 spiro atoms. The van der Waals surface area contributed by atoms with Crippen LogP contribution in [0.1, 0.15) is 27.0 Å². The number of nitrogens with one attached hydrogen (secondary N) is 1. The van der Waals surface area contributed by atoms with Gasteiger partial charge in [-0.1, -0.05) is 23.3 Å². The van der Waals surface area contributed by atoms with Crippen LogP contribution in [0.3, 0.4) is 0 Å². The molecule has 2 unspecified atom stereocenters. The van der Waals surface area contributed by atoms with Crippen LogP contribution in [0.2, 0.25) is 0 Å². The van der Waals surface area contributed by atoms with Crippen LogP contribution < -0.4 is 20.1 Å². The molecule has 0 saturated carbocycles. The number of benzene rings is 1. The second kappa shape index (κ2) is 12.3. The molecular formula is C23H30N9O8P. The van der Waals surface area contributed by atoms with E-state index >= 15 is 0 Å². The minimum absolute atomic E-state index is 0.107. The third-order valence-corrected chi connectivity index (χ3v) is 7.88. The molecule has 17 nitrogen and oxygen atoms in total. The van der Waals surface area contributed by atoms with Crippen molar-refractivity contribution in [1.29, 1.82) is 0 Å². The molecule has 41 heavy (non-hydrogen) atoms. The van der Waals surface area contributed by atoms with Crippen LogP contribution in [0.4, 0.5) is 5.95 Å². The van der Waals surface area contributed by atoms with Crippen molar-refractivity contribution >= 4 is 30.8 Å². The first kappa shape index (κ1) is 30.0. The quantitative estimate of drug-likeness (QED) is 0.0904. The predicted octanol–water partition coefficient (Wildman–Crippen LogP) is 2.49. The topological polar surface area (TPSA) is 231 Å². The highest BCUT2D eigenvalue weighted by Gasteiger charge is 2.55. The van der Waals surface area contributed by atoms with Gasteiger partial charge < -0.3 is 29.6 Å². The Labute approximate surface area is 234 Å². The Bertz CT molecular complexity index is 1480. The zero-order chi connectivity index (χ0) is 29.8. The molecule has 1 aliphatic rings. The van der Waals surface area contributed by atoms with E-state index < -0.39 is 50.3 Å². The number of carbonyl (C=O) groups excluding carboxylic acids is 1. The highest BCUT2D eigenvalue weighted by atomic mass is 31.2. The zero-order valence-electron chi connectivity index (χ0n) is 22.6. The van der Waals surface area contributed by atoms with E-state index in [0.717, 1.165) is 0 Å². The average Bonchev–Trinajstić information content (AvgIpc) is 3.46. The molecule has 6 atom stereocenters. The maximum absolute atomic E-state index is 13.8. The number of nitrogens with two attached hydrogens (primary N) is 1. The van der Waals surface area contributed by atoms with Crippen LogP contribution in [-0.2, 0) is 23.4 Å². The van der Waals surface area contributed by atoms with E-state index in [0.29, 0.717) is 0 Å². The molecule has 0 aliphatic carbocycles.